The second-order valence-electron chi connectivity index (χ2n) is 4.40. The molecule has 2 heteroatoms. The lowest BCUT2D eigenvalue weighted by molar-refractivity contribution is 0.419. The SMILES string of the molecule is CN(C)CCC1=CCc2ccc(N)cc21. The summed E-state index contributed by atoms with van der Waals surface area (Å²) in [6.45, 7) is 1.10. The van der Waals surface area contributed by atoms with Gasteiger partial charge in [0.15, 0.2) is 0 Å². The van der Waals surface area contributed by atoms with E-state index in [1.165, 1.54) is 16.7 Å². The summed E-state index contributed by atoms with van der Waals surface area (Å²) in [7, 11) is 4.21. The molecule has 0 unspecified atom stereocenters. The summed E-state index contributed by atoms with van der Waals surface area (Å²) < 4.78 is 0. The standard InChI is InChI=1S/C13H18N2/c1-15(2)8-7-11-4-3-10-5-6-12(14)9-13(10)11/h4-6,9H,3,7-8,14H2,1-2H3. The zero-order valence-corrected chi connectivity index (χ0v) is 9.46. The fourth-order valence-corrected chi connectivity index (χ4v) is 1.99. The van der Waals surface area contributed by atoms with Crippen LogP contribution in [0.3, 0.4) is 0 Å². The van der Waals surface area contributed by atoms with E-state index in [0.717, 1.165) is 25.1 Å². The van der Waals surface area contributed by atoms with E-state index in [1.54, 1.807) is 0 Å². The lowest BCUT2D eigenvalue weighted by Gasteiger charge is -2.11. The molecule has 1 aliphatic rings. The van der Waals surface area contributed by atoms with Crippen molar-refractivity contribution in [1.82, 2.24) is 4.90 Å². The molecule has 2 nitrogen and oxygen atoms in total. The summed E-state index contributed by atoms with van der Waals surface area (Å²) >= 11 is 0. The molecule has 0 aliphatic heterocycles. The summed E-state index contributed by atoms with van der Waals surface area (Å²) in [6, 6.07) is 6.23. The third-order valence-corrected chi connectivity index (χ3v) is 2.88. The monoisotopic (exact) mass is 202 g/mol. The van der Waals surface area contributed by atoms with Crippen LogP contribution in [-0.4, -0.2) is 25.5 Å². The molecule has 0 fully saturated rings. The molecular weight excluding hydrogens is 184 g/mol. The van der Waals surface area contributed by atoms with E-state index in [2.05, 4.69) is 37.2 Å². The Morgan fingerprint density at radius 2 is 2.13 bits per heavy atom. The Morgan fingerprint density at radius 3 is 2.87 bits per heavy atom. The van der Waals surface area contributed by atoms with E-state index in [4.69, 9.17) is 5.73 Å². The molecule has 0 amide bonds. The number of anilines is 1. The maximum Gasteiger partial charge on any atom is 0.0320 e. The lowest BCUT2D eigenvalue weighted by atomic mass is 10.0. The van der Waals surface area contributed by atoms with E-state index < -0.39 is 0 Å². The van der Waals surface area contributed by atoms with E-state index >= 15 is 0 Å². The first kappa shape index (κ1) is 10.2. The maximum absolute atomic E-state index is 5.81. The van der Waals surface area contributed by atoms with E-state index in [-0.39, 0.29) is 0 Å². The molecule has 2 N–H and O–H groups in total. The highest BCUT2D eigenvalue weighted by Gasteiger charge is 2.13. The molecule has 0 atom stereocenters. The smallest absolute Gasteiger partial charge is 0.0320 e. The summed E-state index contributed by atoms with van der Waals surface area (Å²) in [5.74, 6) is 0. The van der Waals surface area contributed by atoms with Crippen LogP contribution < -0.4 is 5.73 Å². The first-order valence-electron chi connectivity index (χ1n) is 5.39. The van der Waals surface area contributed by atoms with Gasteiger partial charge in [-0.05, 0) is 55.8 Å². The Bertz CT molecular complexity index is 392. The molecule has 15 heavy (non-hydrogen) atoms. The normalized spacial score (nSPS) is 14.2. The van der Waals surface area contributed by atoms with Crippen LogP contribution in [0.2, 0.25) is 0 Å². The molecule has 1 aromatic rings. The first-order chi connectivity index (χ1) is 7.16. The van der Waals surface area contributed by atoms with Gasteiger partial charge in [0, 0.05) is 12.2 Å². The van der Waals surface area contributed by atoms with Gasteiger partial charge in [0.25, 0.3) is 0 Å². The van der Waals surface area contributed by atoms with Gasteiger partial charge in [-0.15, -0.1) is 0 Å². The fraction of sp³-hybridized carbons (Fsp3) is 0.385. The predicted octanol–water partition coefficient (Wildman–Crippen LogP) is 2.16. The molecule has 2 rings (SSSR count). The number of nitrogen functional groups attached to an aromatic ring is 1. The summed E-state index contributed by atoms with van der Waals surface area (Å²) in [5, 5.41) is 0. The van der Waals surface area contributed by atoms with Crippen LogP contribution in [0.25, 0.3) is 5.57 Å². The molecule has 0 saturated carbocycles. The van der Waals surface area contributed by atoms with Crippen molar-refractivity contribution in [3.63, 3.8) is 0 Å². The number of nitrogens with two attached hydrogens (primary N) is 1. The number of hydrogen-bond donors (Lipinski definition) is 1. The van der Waals surface area contributed by atoms with Crippen molar-refractivity contribution in [2.45, 2.75) is 12.8 Å². The molecule has 1 aliphatic carbocycles. The Hall–Kier alpha value is -1.28. The van der Waals surface area contributed by atoms with Crippen molar-refractivity contribution in [3.05, 3.63) is 35.4 Å². The molecule has 0 bridgehead atoms. The molecule has 80 valence electrons. The zero-order valence-electron chi connectivity index (χ0n) is 9.46. The van der Waals surface area contributed by atoms with Crippen LogP contribution in [0.1, 0.15) is 17.5 Å². The molecule has 0 aromatic heterocycles. The number of fused-ring (bicyclic) bond motifs is 1. The Labute approximate surface area is 91.4 Å². The van der Waals surface area contributed by atoms with Crippen LogP contribution in [0, 0.1) is 0 Å². The number of rotatable bonds is 3. The van der Waals surface area contributed by atoms with Gasteiger partial charge < -0.3 is 10.6 Å². The minimum absolute atomic E-state index is 0.867. The quantitative estimate of drug-likeness (QED) is 0.761. The third-order valence-electron chi connectivity index (χ3n) is 2.88. The van der Waals surface area contributed by atoms with E-state index in [1.807, 2.05) is 6.07 Å². The average molecular weight is 202 g/mol. The van der Waals surface area contributed by atoms with Crippen molar-refractivity contribution in [1.29, 1.82) is 0 Å². The van der Waals surface area contributed by atoms with Crippen LogP contribution in [-0.2, 0) is 6.42 Å². The first-order valence-corrected chi connectivity index (χ1v) is 5.39. The van der Waals surface area contributed by atoms with Gasteiger partial charge in [-0.2, -0.15) is 0 Å². The Kier molecular flexibility index (Phi) is 2.78. The minimum atomic E-state index is 0.867. The van der Waals surface area contributed by atoms with Gasteiger partial charge in [-0.1, -0.05) is 12.1 Å². The number of benzene rings is 1. The van der Waals surface area contributed by atoms with E-state index in [9.17, 15) is 0 Å². The summed E-state index contributed by atoms with van der Waals surface area (Å²) in [4.78, 5) is 2.21. The topological polar surface area (TPSA) is 29.3 Å². The van der Waals surface area contributed by atoms with Crippen LogP contribution in [0.4, 0.5) is 5.69 Å². The molecular formula is C13H18N2. The predicted molar refractivity (Wildman–Crippen MR) is 65.7 cm³/mol. The van der Waals surface area contributed by atoms with Crippen molar-refractivity contribution >= 4 is 11.3 Å². The van der Waals surface area contributed by atoms with Gasteiger partial charge in [-0.25, -0.2) is 0 Å². The molecule has 0 radical (unpaired) electrons. The number of nitrogens with zero attached hydrogens (tertiary/aromatic N) is 1. The lowest BCUT2D eigenvalue weighted by Crippen LogP contribution is -2.13. The largest absolute Gasteiger partial charge is 0.399 e. The molecule has 1 aromatic carbocycles. The second kappa shape index (κ2) is 4.07. The fourth-order valence-electron chi connectivity index (χ4n) is 1.99. The number of allylic oxidation sites excluding steroid dienone is 1. The highest BCUT2D eigenvalue weighted by Crippen LogP contribution is 2.31. The average Bonchev–Trinajstić information content (AvgIpc) is 2.57. The Morgan fingerprint density at radius 1 is 1.33 bits per heavy atom. The summed E-state index contributed by atoms with van der Waals surface area (Å²) in [6.07, 6.45) is 4.51. The highest BCUT2D eigenvalue weighted by atomic mass is 15.0. The molecule has 0 heterocycles. The van der Waals surface area contributed by atoms with Crippen LogP contribution in [0.15, 0.2) is 24.3 Å². The van der Waals surface area contributed by atoms with Crippen molar-refractivity contribution < 1.29 is 0 Å². The highest BCUT2D eigenvalue weighted by molar-refractivity contribution is 5.75. The summed E-state index contributed by atoms with van der Waals surface area (Å²) in [5.41, 5.74) is 10.9. The van der Waals surface area contributed by atoms with E-state index in [0.29, 0.717) is 0 Å². The van der Waals surface area contributed by atoms with Gasteiger partial charge in [-0.3, -0.25) is 0 Å². The Balaban J connectivity index is 2.15. The third kappa shape index (κ3) is 2.21. The minimum Gasteiger partial charge on any atom is -0.399 e. The molecule has 0 saturated heterocycles. The van der Waals surface area contributed by atoms with Crippen molar-refractivity contribution in [2.75, 3.05) is 26.4 Å². The van der Waals surface area contributed by atoms with Gasteiger partial charge in [0.2, 0.25) is 0 Å². The zero-order chi connectivity index (χ0) is 10.8. The van der Waals surface area contributed by atoms with Gasteiger partial charge in [0.1, 0.15) is 0 Å². The second-order valence-corrected chi connectivity index (χ2v) is 4.40. The van der Waals surface area contributed by atoms with Crippen LogP contribution >= 0.6 is 0 Å². The van der Waals surface area contributed by atoms with Crippen LogP contribution in [0.5, 0.6) is 0 Å². The molecule has 0 spiro atoms. The number of hydrogen-bond acceptors (Lipinski definition) is 2. The van der Waals surface area contributed by atoms with Crippen molar-refractivity contribution in [3.8, 4) is 0 Å². The van der Waals surface area contributed by atoms with Crippen molar-refractivity contribution in [2.24, 2.45) is 0 Å². The van der Waals surface area contributed by atoms with Gasteiger partial charge in [0.05, 0.1) is 0 Å². The van der Waals surface area contributed by atoms with Gasteiger partial charge >= 0.3 is 0 Å². The maximum atomic E-state index is 5.81.